The highest BCUT2D eigenvalue weighted by Gasteiger charge is 2.03. The van der Waals surface area contributed by atoms with Crippen molar-refractivity contribution < 1.29 is 4.79 Å². The van der Waals surface area contributed by atoms with Gasteiger partial charge in [-0.25, -0.2) is 0 Å². The average Bonchev–Trinajstić information content (AvgIpc) is 2.40. The molecule has 0 radical (unpaired) electrons. The lowest BCUT2D eigenvalue weighted by molar-refractivity contribution is -0.117. The molecule has 0 bridgehead atoms. The summed E-state index contributed by atoms with van der Waals surface area (Å²) >= 11 is 0. The van der Waals surface area contributed by atoms with Crippen LogP contribution in [0.25, 0.3) is 0 Å². The summed E-state index contributed by atoms with van der Waals surface area (Å²) < 4.78 is 0. The number of unbranched alkanes of at least 4 members (excludes halogenated alkanes) is 9. The van der Waals surface area contributed by atoms with Gasteiger partial charge in [-0.1, -0.05) is 77.7 Å². The summed E-state index contributed by atoms with van der Waals surface area (Å²) in [6.07, 6.45) is 16.0. The van der Waals surface area contributed by atoms with Crippen LogP contribution in [-0.4, -0.2) is 11.9 Å². The first kappa shape index (κ1) is 18.2. The fraction of sp³-hybridized carbons (Fsp3) is 0.824. The lowest BCUT2D eigenvalue weighted by atomic mass is 10.0. The summed E-state index contributed by atoms with van der Waals surface area (Å²) in [5.74, 6) is -0.0559. The molecule has 19 heavy (non-hydrogen) atoms. The first-order valence-electron chi connectivity index (χ1n) is 8.13. The van der Waals surface area contributed by atoms with E-state index in [1.54, 1.807) is 0 Å². The monoisotopic (exact) mass is 267 g/mol. The van der Waals surface area contributed by atoms with Gasteiger partial charge in [0.2, 0.25) is 5.91 Å². The van der Waals surface area contributed by atoms with Crippen molar-refractivity contribution in [2.75, 3.05) is 0 Å². The molecular weight excluding hydrogens is 234 g/mol. The van der Waals surface area contributed by atoms with Crippen LogP contribution in [0.5, 0.6) is 0 Å². The Labute approximate surface area is 120 Å². The van der Waals surface area contributed by atoms with Gasteiger partial charge in [0.1, 0.15) is 0 Å². The third-order valence-electron chi connectivity index (χ3n) is 3.56. The van der Waals surface area contributed by atoms with E-state index in [0.717, 1.165) is 6.42 Å². The van der Waals surface area contributed by atoms with Gasteiger partial charge in [0.25, 0.3) is 0 Å². The molecule has 0 aliphatic carbocycles. The molecule has 0 fully saturated rings. The molecular formula is C17H33NO. The Morgan fingerprint density at radius 2 is 1.47 bits per heavy atom. The molecule has 0 spiro atoms. The fourth-order valence-corrected chi connectivity index (χ4v) is 2.31. The summed E-state index contributed by atoms with van der Waals surface area (Å²) in [5.41, 5.74) is 0. The summed E-state index contributed by atoms with van der Waals surface area (Å²) in [6, 6.07) is 0.277. The molecule has 0 aliphatic heterocycles. The summed E-state index contributed by atoms with van der Waals surface area (Å²) in [7, 11) is 0. The molecule has 0 aromatic carbocycles. The number of hydrogen-bond donors (Lipinski definition) is 1. The second kappa shape index (κ2) is 13.6. The first-order valence-corrected chi connectivity index (χ1v) is 8.13. The Bertz CT molecular complexity index is 225. The van der Waals surface area contributed by atoms with Crippen LogP contribution in [0.15, 0.2) is 12.7 Å². The second-order valence-electron chi connectivity index (χ2n) is 5.58. The lowest BCUT2D eigenvalue weighted by Crippen LogP contribution is -2.30. The van der Waals surface area contributed by atoms with Crippen LogP contribution in [0.2, 0.25) is 0 Å². The van der Waals surface area contributed by atoms with E-state index in [9.17, 15) is 4.79 Å². The maximum atomic E-state index is 11.1. The van der Waals surface area contributed by atoms with Crippen molar-refractivity contribution in [3.8, 4) is 0 Å². The molecule has 0 aromatic heterocycles. The van der Waals surface area contributed by atoms with Crippen molar-refractivity contribution in [3.63, 3.8) is 0 Å². The number of amides is 1. The zero-order chi connectivity index (χ0) is 14.3. The van der Waals surface area contributed by atoms with Gasteiger partial charge in [-0.05, 0) is 19.4 Å². The second-order valence-corrected chi connectivity index (χ2v) is 5.58. The van der Waals surface area contributed by atoms with E-state index in [0.29, 0.717) is 0 Å². The third-order valence-corrected chi connectivity index (χ3v) is 3.56. The van der Waals surface area contributed by atoms with Gasteiger partial charge < -0.3 is 5.32 Å². The van der Waals surface area contributed by atoms with Gasteiger partial charge in [0.15, 0.2) is 0 Å². The molecule has 1 amide bonds. The summed E-state index contributed by atoms with van der Waals surface area (Å²) in [6.45, 7) is 7.79. The van der Waals surface area contributed by atoms with Crippen molar-refractivity contribution >= 4 is 5.91 Å². The number of hydrogen-bond acceptors (Lipinski definition) is 1. The van der Waals surface area contributed by atoms with Crippen molar-refractivity contribution in [1.82, 2.24) is 5.32 Å². The minimum atomic E-state index is -0.0559. The van der Waals surface area contributed by atoms with Gasteiger partial charge in [-0.3, -0.25) is 4.79 Å². The maximum absolute atomic E-state index is 11.1. The number of carbonyl (C=O) groups excluding carboxylic acids is 1. The van der Waals surface area contributed by atoms with E-state index < -0.39 is 0 Å². The van der Waals surface area contributed by atoms with Gasteiger partial charge >= 0.3 is 0 Å². The Kier molecular flexibility index (Phi) is 13.1. The van der Waals surface area contributed by atoms with Crippen LogP contribution in [0, 0.1) is 0 Å². The number of carbonyl (C=O) groups is 1. The standard InChI is InChI=1S/C17H33NO/c1-4-6-7-8-9-10-11-12-13-14-15-16(3)18-17(19)5-2/h5,16H,2,4,6-15H2,1,3H3,(H,18,19). The minimum absolute atomic E-state index is 0.0559. The fourth-order valence-electron chi connectivity index (χ4n) is 2.31. The molecule has 1 unspecified atom stereocenters. The maximum Gasteiger partial charge on any atom is 0.243 e. The molecule has 0 aliphatic rings. The molecule has 0 heterocycles. The Balaban J connectivity index is 3.18. The predicted octanol–water partition coefficient (Wildman–Crippen LogP) is 4.99. The first-order chi connectivity index (χ1) is 9.20. The molecule has 0 saturated carbocycles. The molecule has 112 valence electrons. The zero-order valence-corrected chi connectivity index (χ0v) is 13.0. The Hall–Kier alpha value is -0.790. The third kappa shape index (κ3) is 13.4. The molecule has 1 N–H and O–H groups in total. The SMILES string of the molecule is C=CC(=O)NC(C)CCCCCCCCCCCC. The summed E-state index contributed by atoms with van der Waals surface area (Å²) in [4.78, 5) is 11.1. The van der Waals surface area contributed by atoms with E-state index in [2.05, 4.69) is 25.7 Å². The average molecular weight is 267 g/mol. The number of nitrogens with one attached hydrogen (secondary N) is 1. The molecule has 2 heteroatoms. The van der Waals surface area contributed by atoms with Gasteiger partial charge in [0.05, 0.1) is 0 Å². The minimum Gasteiger partial charge on any atom is -0.350 e. The summed E-state index contributed by atoms with van der Waals surface area (Å²) in [5, 5.41) is 2.90. The van der Waals surface area contributed by atoms with Crippen LogP contribution in [0.4, 0.5) is 0 Å². The van der Waals surface area contributed by atoms with Gasteiger partial charge in [-0.15, -0.1) is 0 Å². The van der Waals surface area contributed by atoms with Crippen molar-refractivity contribution in [2.45, 2.75) is 90.5 Å². The van der Waals surface area contributed by atoms with Gasteiger partial charge in [0, 0.05) is 6.04 Å². The van der Waals surface area contributed by atoms with Crippen molar-refractivity contribution in [3.05, 3.63) is 12.7 Å². The van der Waals surface area contributed by atoms with Crippen LogP contribution >= 0.6 is 0 Å². The highest BCUT2D eigenvalue weighted by Crippen LogP contribution is 2.11. The van der Waals surface area contributed by atoms with E-state index in [-0.39, 0.29) is 11.9 Å². The van der Waals surface area contributed by atoms with Gasteiger partial charge in [-0.2, -0.15) is 0 Å². The zero-order valence-electron chi connectivity index (χ0n) is 13.0. The lowest BCUT2D eigenvalue weighted by Gasteiger charge is -2.11. The highest BCUT2D eigenvalue weighted by atomic mass is 16.1. The Morgan fingerprint density at radius 1 is 1.00 bits per heavy atom. The van der Waals surface area contributed by atoms with Crippen LogP contribution in [0.3, 0.4) is 0 Å². The van der Waals surface area contributed by atoms with Crippen LogP contribution < -0.4 is 5.32 Å². The van der Waals surface area contributed by atoms with E-state index in [1.165, 1.54) is 70.3 Å². The molecule has 0 aromatic rings. The van der Waals surface area contributed by atoms with E-state index in [1.807, 2.05) is 0 Å². The van der Waals surface area contributed by atoms with Crippen molar-refractivity contribution in [1.29, 1.82) is 0 Å². The predicted molar refractivity (Wildman–Crippen MR) is 84.3 cm³/mol. The smallest absolute Gasteiger partial charge is 0.243 e. The largest absolute Gasteiger partial charge is 0.350 e. The van der Waals surface area contributed by atoms with E-state index >= 15 is 0 Å². The van der Waals surface area contributed by atoms with Crippen LogP contribution in [0.1, 0.15) is 84.5 Å². The quantitative estimate of drug-likeness (QED) is 0.370. The highest BCUT2D eigenvalue weighted by molar-refractivity contribution is 5.87. The molecule has 1 atom stereocenters. The molecule has 0 saturated heterocycles. The molecule has 2 nitrogen and oxygen atoms in total. The number of rotatable bonds is 13. The van der Waals surface area contributed by atoms with Crippen LogP contribution in [-0.2, 0) is 4.79 Å². The topological polar surface area (TPSA) is 29.1 Å². The normalized spacial score (nSPS) is 12.1. The molecule has 0 rings (SSSR count). The van der Waals surface area contributed by atoms with Crippen molar-refractivity contribution in [2.24, 2.45) is 0 Å². The van der Waals surface area contributed by atoms with E-state index in [4.69, 9.17) is 0 Å². The Morgan fingerprint density at radius 3 is 1.95 bits per heavy atom.